The molecule has 3 aliphatic rings. The van der Waals surface area contributed by atoms with Crippen molar-refractivity contribution < 1.29 is 0 Å². The average Bonchev–Trinajstić information content (AvgIpc) is 2.74. The van der Waals surface area contributed by atoms with Gasteiger partial charge in [-0.2, -0.15) is 0 Å². The Labute approximate surface area is 173 Å². The van der Waals surface area contributed by atoms with Crippen molar-refractivity contribution in [2.45, 2.75) is 103 Å². The first kappa shape index (κ1) is 21.2. The molecule has 0 amide bonds. The number of rotatable bonds is 0. The zero-order valence-corrected chi connectivity index (χ0v) is 17.9. The molecule has 0 heterocycles. The third-order valence-corrected chi connectivity index (χ3v) is 6.42. The van der Waals surface area contributed by atoms with Crippen molar-refractivity contribution in [3.63, 3.8) is 0 Å². The molecular formula is C28H40. The molecule has 0 aliphatic heterocycles. The highest BCUT2D eigenvalue weighted by atomic mass is 14.1. The normalized spacial score (nSPS) is 18.6. The molecule has 0 saturated carbocycles. The summed E-state index contributed by atoms with van der Waals surface area (Å²) in [6, 6.07) is 18.6. The van der Waals surface area contributed by atoms with Crippen LogP contribution in [0.15, 0.2) is 48.5 Å². The Morgan fingerprint density at radius 3 is 0.821 bits per heavy atom. The molecule has 0 heteroatoms. The lowest BCUT2D eigenvalue weighted by atomic mass is 9.98. The molecule has 4 bridgehead atoms. The van der Waals surface area contributed by atoms with Crippen LogP contribution in [-0.2, 0) is 12.8 Å². The molecule has 0 unspecified atom stereocenters. The van der Waals surface area contributed by atoms with Gasteiger partial charge in [0.15, 0.2) is 0 Å². The number of fused-ring (bicyclic) bond motifs is 2. The minimum atomic E-state index is 1.24. The second-order valence-corrected chi connectivity index (χ2v) is 8.84. The van der Waals surface area contributed by atoms with Gasteiger partial charge >= 0.3 is 0 Å². The van der Waals surface area contributed by atoms with Crippen molar-refractivity contribution in [3.05, 3.63) is 59.7 Å². The SMILES string of the molecule is c1cc2ccc1CCCCCCCCCCCCCCCCc1ccc-2cc1. The minimum Gasteiger partial charge on any atom is -0.0584 e. The summed E-state index contributed by atoms with van der Waals surface area (Å²) < 4.78 is 0. The van der Waals surface area contributed by atoms with Gasteiger partial charge in [0.2, 0.25) is 0 Å². The van der Waals surface area contributed by atoms with E-state index in [4.69, 9.17) is 0 Å². The van der Waals surface area contributed by atoms with Gasteiger partial charge in [0.05, 0.1) is 0 Å². The Morgan fingerprint density at radius 2 is 0.536 bits per heavy atom. The third kappa shape index (κ3) is 7.82. The van der Waals surface area contributed by atoms with Crippen molar-refractivity contribution >= 4 is 0 Å². The lowest BCUT2D eigenvalue weighted by Crippen LogP contribution is -1.89. The fourth-order valence-corrected chi connectivity index (χ4v) is 4.51. The summed E-state index contributed by atoms with van der Waals surface area (Å²) in [5.74, 6) is 0. The zero-order valence-electron chi connectivity index (χ0n) is 17.9. The van der Waals surface area contributed by atoms with Crippen LogP contribution in [0, 0.1) is 0 Å². The fourth-order valence-electron chi connectivity index (χ4n) is 4.51. The second kappa shape index (κ2) is 12.8. The summed E-state index contributed by atoms with van der Waals surface area (Å²) in [6.45, 7) is 0. The lowest BCUT2D eigenvalue weighted by molar-refractivity contribution is 0.533. The molecule has 3 aliphatic carbocycles. The van der Waals surface area contributed by atoms with Crippen LogP contribution in [0.2, 0.25) is 0 Å². The first-order valence-corrected chi connectivity index (χ1v) is 12.1. The lowest BCUT2D eigenvalue weighted by Gasteiger charge is -2.07. The maximum absolute atomic E-state index is 2.34. The van der Waals surface area contributed by atoms with Crippen LogP contribution < -0.4 is 0 Å². The Bertz CT molecular complexity index is 575. The smallest absolute Gasteiger partial charge is 0.0184 e. The molecule has 0 nitrogen and oxygen atoms in total. The van der Waals surface area contributed by atoms with E-state index in [1.165, 1.54) is 125 Å². The molecule has 0 aromatic heterocycles. The van der Waals surface area contributed by atoms with E-state index in [1.807, 2.05) is 0 Å². The monoisotopic (exact) mass is 376 g/mol. The van der Waals surface area contributed by atoms with E-state index in [0.717, 1.165) is 0 Å². The predicted molar refractivity (Wildman–Crippen MR) is 124 cm³/mol. The van der Waals surface area contributed by atoms with E-state index in [2.05, 4.69) is 48.5 Å². The highest BCUT2D eigenvalue weighted by molar-refractivity contribution is 5.63. The molecule has 152 valence electrons. The molecular weight excluding hydrogens is 336 g/mol. The summed E-state index contributed by atoms with van der Waals surface area (Å²) in [5, 5.41) is 0. The van der Waals surface area contributed by atoms with Crippen molar-refractivity contribution in [1.29, 1.82) is 0 Å². The number of benzene rings is 2. The molecule has 2 aromatic carbocycles. The van der Waals surface area contributed by atoms with Gasteiger partial charge in [0, 0.05) is 0 Å². The standard InChI is InChI=1S/C28H40/c1-2-4-6-8-10-12-14-16-26-19-23-28(24-20-26)27-21-17-25(18-22-27)15-13-11-9-7-5-3-1/h17-24H,1-16H2. The number of aryl methyl sites for hydroxylation is 2. The van der Waals surface area contributed by atoms with Crippen molar-refractivity contribution in [1.82, 2.24) is 0 Å². The van der Waals surface area contributed by atoms with Crippen LogP contribution in [0.1, 0.15) is 101 Å². The molecule has 2 aromatic rings. The van der Waals surface area contributed by atoms with Crippen LogP contribution in [0.3, 0.4) is 0 Å². The predicted octanol–water partition coefficient (Wildman–Crippen LogP) is 8.91. The van der Waals surface area contributed by atoms with Gasteiger partial charge in [0.1, 0.15) is 0 Å². The Balaban J connectivity index is 1.53. The summed E-state index contributed by atoms with van der Waals surface area (Å²) in [6.07, 6.45) is 22.4. The van der Waals surface area contributed by atoms with E-state index in [0.29, 0.717) is 0 Å². The van der Waals surface area contributed by atoms with E-state index in [-0.39, 0.29) is 0 Å². The molecule has 0 radical (unpaired) electrons. The summed E-state index contributed by atoms with van der Waals surface area (Å²) in [4.78, 5) is 0. The van der Waals surface area contributed by atoms with Gasteiger partial charge in [-0.3, -0.25) is 0 Å². The van der Waals surface area contributed by atoms with Gasteiger partial charge in [-0.15, -0.1) is 0 Å². The van der Waals surface area contributed by atoms with Crippen LogP contribution in [-0.4, -0.2) is 0 Å². The quantitative estimate of drug-likeness (QED) is 0.430. The van der Waals surface area contributed by atoms with Crippen LogP contribution in [0.4, 0.5) is 0 Å². The van der Waals surface area contributed by atoms with Gasteiger partial charge in [-0.1, -0.05) is 126 Å². The topological polar surface area (TPSA) is 0 Å². The van der Waals surface area contributed by atoms with Gasteiger partial charge in [-0.05, 0) is 47.9 Å². The molecule has 0 saturated heterocycles. The third-order valence-electron chi connectivity index (χ3n) is 6.42. The van der Waals surface area contributed by atoms with Crippen molar-refractivity contribution in [3.8, 4) is 11.1 Å². The average molecular weight is 377 g/mol. The summed E-state index contributed by atoms with van der Waals surface area (Å²) in [7, 11) is 0. The maximum Gasteiger partial charge on any atom is -0.0184 e. The molecule has 0 N–H and O–H groups in total. The van der Waals surface area contributed by atoms with Crippen molar-refractivity contribution in [2.75, 3.05) is 0 Å². The highest BCUT2D eigenvalue weighted by Crippen LogP contribution is 2.22. The number of hydrogen-bond donors (Lipinski definition) is 0. The van der Waals surface area contributed by atoms with E-state index in [1.54, 1.807) is 0 Å². The molecule has 5 rings (SSSR count). The van der Waals surface area contributed by atoms with Gasteiger partial charge in [-0.25, -0.2) is 0 Å². The maximum atomic E-state index is 2.34. The molecule has 0 fully saturated rings. The first-order valence-electron chi connectivity index (χ1n) is 12.1. The van der Waals surface area contributed by atoms with E-state index >= 15 is 0 Å². The molecule has 0 spiro atoms. The largest absolute Gasteiger partial charge is 0.0584 e. The first-order chi connectivity index (χ1) is 13.9. The van der Waals surface area contributed by atoms with E-state index in [9.17, 15) is 0 Å². The van der Waals surface area contributed by atoms with Crippen molar-refractivity contribution in [2.24, 2.45) is 0 Å². The summed E-state index contributed by atoms with van der Waals surface area (Å²) >= 11 is 0. The molecule has 28 heavy (non-hydrogen) atoms. The van der Waals surface area contributed by atoms with Gasteiger partial charge < -0.3 is 0 Å². The molecule has 0 atom stereocenters. The second-order valence-electron chi connectivity index (χ2n) is 8.84. The van der Waals surface area contributed by atoms with Crippen LogP contribution >= 0.6 is 0 Å². The minimum absolute atomic E-state index is 1.24. The number of hydrogen-bond acceptors (Lipinski definition) is 0. The Kier molecular flexibility index (Phi) is 9.68. The Morgan fingerprint density at radius 1 is 0.286 bits per heavy atom. The summed E-state index contributed by atoms with van der Waals surface area (Å²) in [5.41, 5.74) is 5.69. The van der Waals surface area contributed by atoms with Gasteiger partial charge in [0.25, 0.3) is 0 Å². The Hall–Kier alpha value is -1.56. The zero-order chi connectivity index (χ0) is 19.3. The van der Waals surface area contributed by atoms with E-state index < -0.39 is 0 Å². The highest BCUT2D eigenvalue weighted by Gasteiger charge is 2.01. The fraction of sp³-hybridized carbons (Fsp3) is 0.571. The van der Waals surface area contributed by atoms with Crippen LogP contribution in [0.25, 0.3) is 11.1 Å². The van der Waals surface area contributed by atoms with Crippen LogP contribution in [0.5, 0.6) is 0 Å².